The molecule has 1 aliphatic carbocycles. The second-order valence-corrected chi connectivity index (χ2v) is 8.46. The Bertz CT molecular complexity index is 1030. The smallest absolute Gasteiger partial charge is 0.230 e. The van der Waals surface area contributed by atoms with Crippen LogP contribution in [0.3, 0.4) is 0 Å². The number of allylic oxidation sites excluding steroid dienone is 1. The summed E-state index contributed by atoms with van der Waals surface area (Å²) in [6, 6.07) is 17.9. The third-order valence-corrected chi connectivity index (χ3v) is 6.24. The van der Waals surface area contributed by atoms with Gasteiger partial charge in [0.05, 0.1) is 18.9 Å². The van der Waals surface area contributed by atoms with Crippen LogP contribution < -0.4 is 10.1 Å². The number of carbonyl (C=O) groups is 1. The molecule has 1 aliphatic rings. The van der Waals surface area contributed by atoms with E-state index in [-0.39, 0.29) is 17.7 Å². The van der Waals surface area contributed by atoms with E-state index in [2.05, 4.69) is 22.1 Å². The van der Waals surface area contributed by atoms with Gasteiger partial charge in [-0.15, -0.1) is 16.8 Å². The molecule has 1 N–H and O–H groups in total. The molecule has 0 radical (unpaired) electrons. The Hall–Kier alpha value is -3.06. The van der Waals surface area contributed by atoms with Crippen molar-refractivity contribution in [1.82, 2.24) is 20.1 Å². The molecule has 6 nitrogen and oxygen atoms in total. The van der Waals surface area contributed by atoms with Gasteiger partial charge in [-0.1, -0.05) is 60.3 Å². The van der Waals surface area contributed by atoms with Crippen LogP contribution in [0.15, 0.2) is 72.4 Å². The zero-order valence-electron chi connectivity index (χ0n) is 17.5. The molecule has 7 heteroatoms. The average Bonchev–Trinajstić information content (AvgIpc) is 3.58. The van der Waals surface area contributed by atoms with Crippen molar-refractivity contribution in [3.8, 4) is 17.1 Å². The summed E-state index contributed by atoms with van der Waals surface area (Å²) in [4.78, 5) is 12.8. The fourth-order valence-electron chi connectivity index (χ4n) is 3.55. The Balaban J connectivity index is 1.43. The lowest BCUT2D eigenvalue weighted by Gasteiger charge is -2.19. The van der Waals surface area contributed by atoms with Crippen LogP contribution in [-0.4, -0.2) is 33.5 Å². The molecule has 0 aliphatic heterocycles. The quantitative estimate of drug-likeness (QED) is 0.376. The van der Waals surface area contributed by atoms with E-state index in [1.165, 1.54) is 11.8 Å². The molecule has 1 unspecified atom stereocenters. The highest BCUT2D eigenvalue weighted by Crippen LogP contribution is 2.41. The molecular weight excluding hydrogens is 408 g/mol. The van der Waals surface area contributed by atoms with E-state index in [9.17, 15) is 4.79 Å². The van der Waals surface area contributed by atoms with Crippen molar-refractivity contribution in [2.75, 3.05) is 12.9 Å². The van der Waals surface area contributed by atoms with Crippen LogP contribution in [0.2, 0.25) is 0 Å². The Morgan fingerprint density at radius 1 is 1.23 bits per heavy atom. The zero-order valence-corrected chi connectivity index (χ0v) is 18.3. The van der Waals surface area contributed by atoms with Crippen LogP contribution in [0.1, 0.15) is 24.4 Å². The van der Waals surface area contributed by atoms with Crippen molar-refractivity contribution in [3.63, 3.8) is 0 Å². The van der Waals surface area contributed by atoms with Gasteiger partial charge in [-0.2, -0.15) is 0 Å². The summed E-state index contributed by atoms with van der Waals surface area (Å²) >= 11 is 1.40. The molecule has 1 atom stereocenters. The minimum absolute atomic E-state index is 0.00728. The average molecular weight is 435 g/mol. The minimum Gasteiger partial charge on any atom is -0.497 e. The predicted octanol–water partition coefficient (Wildman–Crippen LogP) is 4.50. The molecule has 1 aromatic heterocycles. The third kappa shape index (κ3) is 5.17. The number of aromatic nitrogens is 3. The Morgan fingerprint density at radius 3 is 2.61 bits per heavy atom. The lowest BCUT2D eigenvalue weighted by atomic mass is 10.0. The summed E-state index contributed by atoms with van der Waals surface area (Å²) in [7, 11) is 1.65. The first-order chi connectivity index (χ1) is 15.2. The third-order valence-electron chi connectivity index (χ3n) is 5.28. The second-order valence-electron chi connectivity index (χ2n) is 7.52. The number of methoxy groups -OCH3 is 1. The van der Waals surface area contributed by atoms with Crippen molar-refractivity contribution < 1.29 is 9.53 Å². The first-order valence-corrected chi connectivity index (χ1v) is 11.3. The summed E-state index contributed by atoms with van der Waals surface area (Å²) < 4.78 is 7.23. The van der Waals surface area contributed by atoms with Gasteiger partial charge in [-0.05, 0) is 36.5 Å². The summed E-state index contributed by atoms with van der Waals surface area (Å²) in [5.41, 5.74) is 2.10. The van der Waals surface area contributed by atoms with Crippen molar-refractivity contribution >= 4 is 17.7 Å². The highest BCUT2D eigenvalue weighted by Gasteiger charge is 2.33. The Morgan fingerprint density at radius 2 is 1.97 bits per heavy atom. The van der Waals surface area contributed by atoms with Crippen molar-refractivity contribution in [1.29, 1.82) is 0 Å². The van der Waals surface area contributed by atoms with Crippen LogP contribution in [-0.2, 0) is 11.3 Å². The molecule has 2 aromatic carbocycles. The van der Waals surface area contributed by atoms with Gasteiger partial charge in [-0.25, -0.2) is 0 Å². The van der Waals surface area contributed by atoms with Crippen molar-refractivity contribution in [3.05, 3.63) is 72.8 Å². The lowest BCUT2D eigenvalue weighted by molar-refractivity contribution is -0.119. The van der Waals surface area contributed by atoms with Crippen molar-refractivity contribution in [2.45, 2.75) is 30.6 Å². The summed E-state index contributed by atoms with van der Waals surface area (Å²) in [6.07, 6.45) is 4.09. The number of ether oxygens (including phenoxy) is 1. The summed E-state index contributed by atoms with van der Waals surface area (Å²) in [6.45, 7) is 4.43. The van der Waals surface area contributed by atoms with Crippen LogP contribution in [0.5, 0.6) is 5.75 Å². The van der Waals surface area contributed by atoms with Crippen LogP contribution >= 0.6 is 11.8 Å². The Kier molecular flexibility index (Phi) is 6.72. The monoisotopic (exact) mass is 434 g/mol. The molecule has 0 bridgehead atoms. The maximum atomic E-state index is 12.8. The van der Waals surface area contributed by atoms with E-state index in [0.717, 1.165) is 35.5 Å². The molecule has 1 amide bonds. The summed E-state index contributed by atoms with van der Waals surface area (Å²) in [5, 5.41) is 12.6. The molecule has 160 valence electrons. The highest BCUT2D eigenvalue weighted by atomic mass is 32.2. The molecule has 0 spiro atoms. The van der Waals surface area contributed by atoms with Gasteiger partial charge < -0.3 is 10.1 Å². The van der Waals surface area contributed by atoms with E-state index in [1.807, 2.05) is 65.2 Å². The molecular formula is C24H26N4O2S. The molecule has 31 heavy (non-hydrogen) atoms. The number of thioether (sulfide) groups is 1. The van der Waals surface area contributed by atoms with E-state index in [0.29, 0.717) is 17.6 Å². The second kappa shape index (κ2) is 9.83. The number of nitrogens with one attached hydrogen (secondary N) is 1. The first kappa shape index (κ1) is 21.2. The summed E-state index contributed by atoms with van der Waals surface area (Å²) in [5.74, 6) is 2.36. The standard InChI is InChI=1S/C24H26N4O2S/c1-3-15-28-23(19-7-5-4-6-8-19)26-27-24(28)31-16-21(29)25-22(17-9-10-17)18-11-13-20(30-2)14-12-18/h3-8,11-14,17,22H,1,9-10,15-16H2,2H3,(H,25,29). The fraction of sp³-hybridized carbons (Fsp3) is 0.292. The van der Waals surface area contributed by atoms with Gasteiger partial charge in [0.15, 0.2) is 11.0 Å². The van der Waals surface area contributed by atoms with Gasteiger partial charge >= 0.3 is 0 Å². The van der Waals surface area contributed by atoms with Gasteiger partial charge in [0.1, 0.15) is 5.75 Å². The van der Waals surface area contributed by atoms with E-state index >= 15 is 0 Å². The maximum Gasteiger partial charge on any atom is 0.230 e. The molecule has 4 rings (SSSR count). The molecule has 1 heterocycles. The van der Waals surface area contributed by atoms with Crippen LogP contribution in [0, 0.1) is 5.92 Å². The Labute approximate surface area is 186 Å². The number of carbonyl (C=O) groups excluding carboxylic acids is 1. The predicted molar refractivity (Wildman–Crippen MR) is 123 cm³/mol. The number of hydrogen-bond donors (Lipinski definition) is 1. The fourth-order valence-corrected chi connectivity index (χ4v) is 4.31. The molecule has 3 aromatic rings. The molecule has 0 saturated heterocycles. The van der Waals surface area contributed by atoms with E-state index < -0.39 is 0 Å². The lowest BCUT2D eigenvalue weighted by Crippen LogP contribution is -2.31. The van der Waals surface area contributed by atoms with Gasteiger partial charge in [-0.3, -0.25) is 9.36 Å². The van der Waals surface area contributed by atoms with Gasteiger partial charge in [0, 0.05) is 12.1 Å². The van der Waals surface area contributed by atoms with Crippen molar-refractivity contribution in [2.24, 2.45) is 5.92 Å². The first-order valence-electron chi connectivity index (χ1n) is 10.3. The van der Waals surface area contributed by atoms with Crippen LogP contribution in [0.4, 0.5) is 0 Å². The van der Waals surface area contributed by atoms with Crippen LogP contribution in [0.25, 0.3) is 11.4 Å². The normalized spacial score (nSPS) is 14.1. The van der Waals surface area contributed by atoms with Gasteiger partial charge in [0.25, 0.3) is 0 Å². The topological polar surface area (TPSA) is 69.0 Å². The molecule has 1 fully saturated rings. The van der Waals surface area contributed by atoms with E-state index in [4.69, 9.17) is 4.74 Å². The zero-order chi connectivity index (χ0) is 21.6. The molecule has 1 saturated carbocycles. The number of benzene rings is 2. The minimum atomic E-state index is -0.00728. The van der Waals surface area contributed by atoms with E-state index in [1.54, 1.807) is 7.11 Å². The number of rotatable bonds is 10. The largest absolute Gasteiger partial charge is 0.497 e. The number of hydrogen-bond acceptors (Lipinski definition) is 5. The SMILES string of the molecule is C=CCn1c(SCC(=O)NC(c2ccc(OC)cc2)C2CC2)nnc1-c1ccccc1. The number of amides is 1. The maximum absolute atomic E-state index is 12.8. The number of nitrogens with zero attached hydrogens (tertiary/aromatic N) is 3. The van der Waals surface area contributed by atoms with Gasteiger partial charge in [0.2, 0.25) is 5.91 Å². The highest BCUT2D eigenvalue weighted by molar-refractivity contribution is 7.99.